The van der Waals surface area contributed by atoms with Crippen molar-refractivity contribution in [1.82, 2.24) is 19.2 Å². The summed E-state index contributed by atoms with van der Waals surface area (Å²) in [5, 5.41) is 8.23. The number of anilines is 1. The van der Waals surface area contributed by atoms with Crippen LogP contribution in [0.25, 0.3) is 5.65 Å². The van der Waals surface area contributed by atoms with Gasteiger partial charge in [0.15, 0.2) is 5.82 Å². The van der Waals surface area contributed by atoms with Crippen LogP contribution in [-0.2, 0) is 20.1 Å². The van der Waals surface area contributed by atoms with Crippen molar-refractivity contribution >= 4 is 11.3 Å². The number of aromatic nitrogens is 4. The maximum atomic E-state index is 12.1. The average Bonchev–Trinajstić information content (AvgIpc) is 3.01. The van der Waals surface area contributed by atoms with E-state index in [9.17, 15) is 4.79 Å². The standard InChI is InChI=1S/C16H18N6O2/c1-20-4-5-22-14(18-19-15(22)16(20)23)10-21-6-7-24-13-8-11(9-17)2-3-12(13)21/h2-5,8H,6-7,9-10,17H2,1H3. The number of benzene rings is 1. The van der Waals surface area contributed by atoms with Gasteiger partial charge in [0.1, 0.15) is 12.4 Å². The maximum absolute atomic E-state index is 12.1. The topological polar surface area (TPSA) is 90.7 Å². The Morgan fingerprint density at radius 1 is 1.29 bits per heavy atom. The lowest BCUT2D eigenvalue weighted by atomic mass is 10.1. The summed E-state index contributed by atoms with van der Waals surface area (Å²) in [7, 11) is 1.70. The molecule has 0 aliphatic carbocycles. The monoisotopic (exact) mass is 326 g/mol. The van der Waals surface area contributed by atoms with Gasteiger partial charge < -0.3 is 19.9 Å². The van der Waals surface area contributed by atoms with Crippen LogP contribution in [0.15, 0.2) is 35.4 Å². The molecular weight excluding hydrogens is 308 g/mol. The van der Waals surface area contributed by atoms with E-state index in [4.69, 9.17) is 10.5 Å². The van der Waals surface area contributed by atoms with Crippen LogP contribution in [0.2, 0.25) is 0 Å². The van der Waals surface area contributed by atoms with E-state index in [2.05, 4.69) is 15.1 Å². The van der Waals surface area contributed by atoms with Crippen molar-refractivity contribution in [3.8, 4) is 5.75 Å². The van der Waals surface area contributed by atoms with Gasteiger partial charge in [0.25, 0.3) is 5.56 Å². The van der Waals surface area contributed by atoms with Gasteiger partial charge in [-0.05, 0) is 17.7 Å². The van der Waals surface area contributed by atoms with E-state index >= 15 is 0 Å². The van der Waals surface area contributed by atoms with Gasteiger partial charge in [0.05, 0.1) is 18.8 Å². The van der Waals surface area contributed by atoms with Gasteiger partial charge in [-0.15, -0.1) is 10.2 Å². The molecule has 4 rings (SSSR count). The maximum Gasteiger partial charge on any atom is 0.295 e. The Hall–Kier alpha value is -2.87. The molecule has 0 saturated heterocycles. The molecule has 3 aromatic rings. The first-order valence-corrected chi connectivity index (χ1v) is 7.77. The van der Waals surface area contributed by atoms with Gasteiger partial charge in [-0.1, -0.05) is 6.07 Å². The second-order valence-electron chi connectivity index (χ2n) is 5.80. The highest BCUT2D eigenvalue weighted by atomic mass is 16.5. The Bertz CT molecular complexity index is 961. The second kappa shape index (κ2) is 5.64. The molecule has 3 heterocycles. The minimum atomic E-state index is -0.161. The van der Waals surface area contributed by atoms with Crippen molar-refractivity contribution in [1.29, 1.82) is 0 Å². The summed E-state index contributed by atoms with van der Waals surface area (Å²) in [6.07, 6.45) is 3.52. The molecule has 0 bridgehead atoms. The Balaban J connectivity index is 1.70. The predicted octanol–water partition coefficient (Wildman–Crippen LogP) is 0.286. The van der Waals surface area contributed by atoms with Gasteiger partial charge in [0.2, 0.25) is 5.65 Å². The zero-order valence-corrected chi connectivity index (χ0v) is 13.3. The molecule has 0 radical (unpaired) electrons. The molecule has 0 unspecified atom stereocenters. The summed E-state index contributed by atoms with van der Waals surface area (Å²) < 4.78 is 8.98. The van der Waals surface area contributed by atoms with E-state index in [1.165, 1.54) is 4.57 Å². The van der Waals surface area contributed by atoms with Crippen molar-refractivity contribution in [2.75, 3.05) is 18.1 Å². The number of nitrogens with two attached hydrogens (primary N) is 1. The summed E-state index contributed by atoms with van der Waals surface area (Å²) in [6, 6.07) is 5.98. The lowest BCUT2D eigenvalue weighted by Gasteiger charge is -2.31. The molecule has 2 aromatic heterocycles. The van der Waals surface area contributed by atoms with Gasteiger partial charge in [-0.2, -0.15) is 0 Å². The minimum Gasteiger partial charge on any atom is -0.490 e. The van der Waals surface area contributed by atoms with Crippen molar-refractivity contribution in [2.45, 2.75) is 13.1 Å². The van der Waals surface area contributed by atoms with Gasteiger partial charge in [-0.25, -0.2) is 0 Å². The molecule has 1 aliphatic heterocycles. The molecule has 8 nitrogen and oxygen atoms in total. The number of rotatable bonds is 3. The SMILES string of the molecule is Cn1ccn2c(CN3CCOc4cc(CN)ccc43)nnc2c1=O. The number of hydrogen-bond acceptors (Lipinski definition) is 6. The third-order valence-electron chi connectivity index (χ3n) is 4.27. The van der Waals surface area contributed by atoms with Crippen LogP contribution >= 0.6 is 0 Å². The largest absolute Gasteiger partial charge is 0.490 e. The molecule has 0 saturated carbocycles. The fourth-order valence-electron chi connectivity index (χ4n) is 2.91. The average molecular weight is 326 g/mol. The number of ether oxygens (including phenoxy) is 1. The quantitative estimate of drug-likeness (QED) is 0.744. The molecule has 124 valence electrons. The van der Waals surface area contributed by atoms with E-state index in [1.807, 2.05) is 24.4 Å². The lowest BCUT2D eigenvalue weighted by Crippen LogP contribution is -2.33. The number of aryl methyl sites for hydroxylation is 1. The highest BCUT2D eigenvalue weighted by Crippen LogP contribution is 2.33. The molecule has 24 heavy (non-hydrogen) atoms. The first-order valence-electron chi connectivity index (χ1n) is 7.77. The van der Waals surface area contributed by atoms with Gasteiger partial charge in [-0.3, -0.25) is 9.20 Å². The first-order chi connectivity index (χ1) is 11.7. The smallest absolute Gasteiger partial charge is 0.295 e. The van der Waals surface area contributed by atoms with Crippen LogP contribution in [0.1, 0.15) is 11.4 Å². The summed E-state index contributed by atoms with van der Waals surface area (Å²) in [5.74, 6) is 1.55. The van der Waals surface area contributed by atoms with Crippen molar-refractivity contribution in [2.24, 2.45) is 12.8 Å². The number of fused-ring (bicyclic) bond motifs is 2. The number of hydrogen-bond donors (Lipinski definition) is 1. The minimum absolute atomic E-state index is 0.161. The molecule has 8 heteroatoms. The molecule has 0 fully saturated rings. The highest BCUT2D eigenvalue weighted by Gasteiger charge is 2.21. The van der Waals surface area contributed by atoms with Gasteiger partial charge in [0, 0.05) is 26.0 Å². The Morgan fingerprint density at radius 2 is 2.17 bits per heavy atom. The van der Waals surface area contributed by atoms with E-state index in [-0.39, 0.29) is 5.56 Å². The first kappa shape index (κ1) is 14.7. The van der Waals surface area contributed by atoms with Crippen LogP contribution in [0.4, 0.5) is 5.69 Å². The molecule has 0 amide bonds. The van der Waals surface area contributed by atoms with Gasteiger partial charge >= 0.3 is 0 Å². The van der Waals surface area contributed by atoms with E-state index in [0.717, 1.165) is 29.4 Å². The van der Waals surface area contributed by atoms with Crippen LogP contribution in [-0.4, -0.2) is 32.3 Å². The summed E-state index contributed by atoms with van der Waals surface area (Å²) in [4.78, 5) is 14.3. The van der Waals surface area contributed by atoms with E-state index in [0.29, 0.717) is 25.3 Å². The van der Waals surface area contributed by atoms with Crippen molar-refractivity contribution in [3.63, 3.8) is 0 Å². The fourth-order valence-corrected chi connectivity index (χ4v) is 2.91. The Labute approximate surface area is 138 Å². The summed E-state index contributed by atoms with van der Waals surface area (Å²) in [6.45, 7) is 2.37. The Morgan fingerprint density at radius 3 is 3.00 bits per heavy atom. The Kier molecular flexibility index (Phi) is 3.46. The van der Waals surface area contributed by atoms with Crippen LogP contribution in [0.3, 0.4) is 0 Å². The second-order valence-corrected chi connectivity index (χ2v) is 5.80. The third-order valence-corrected chi connectivity index (χ3v) is 4.27. The predicted molar refractivity (Wildman–Crippen MR) is 89.1 cm³/mol. The molecule has 2 N–H and O–H groups in total. The molecule has 1 aromatic carbocycles. The zero-order chi connectivity index (χ0) is 16.7. The fraction of sp³-hybridized carbons (Fsp3) is 0.312. The summed E-state index contributed by atoms with van der Waals surface area (Å²) in [5.41, 5.74) is 7.90. The molecule has 1 aliphatic rings. The van der Waals surface area contributed by atoms with E-state index in [1.54, 1.807) is 17.6 Å². The molecular formula is C16H18N6O2. The third kappa shape index (κ3) is 2.31. The molecule has 0 atom stereocenters. The van der Waals surface area contributed by atoms with Crippen LogP contribution < -0.4 is 20.9 Å². The van der Waals surface area contributed by atoms with Crippen LogP contribution in [0.5, 0.6) is 5.75 Å². The van der Waals surface area contributed by atoms with Crippen molar-refractivity contribution in [3.05, 3.63) is 52.3 Å². The summed E-state index contributed by atoms with van der Waals surface area (Å²) >= 11 is 0. The van der Waals surface area contributed by atoms with E-state index < -0.39 is 0 Å². The lowest BCUT2D eigenvalue weighted by molar-refractivity contribution is 0.306. The number of nitrogens with zero attached hydrogens (tertiary/aromatic N) is 5. The van der Waals surface area contributed by atoms with Crippen LogP contribution in [0, 0.1) is 0 Å². The highest BCUT2D eigenvalue weighted by molar-refractivity contribution is 5.61. The normalized spacial score (nSPS) is 13.8. The zero-order valence-electron chi connectivity index (χ0n) is 13.3. The molecule has 0 spiro atoms. The van der Waals surface area contributed by atoms with Crippen molar-refractivity contribution < 1.29 is 4.74 Å².